The summed E-state index contributed by atoms with van der Waals surface area (Å²) in [6, 6.07) is 0. The zero-order chi connectivity index (χ0) is 17.5. The van der Waals surface area contributed by atoms with E-state index in [2.05, 4.69) is 20.4 Å². The largest absolute Gasteiger partial charge is 0.458 e. The summed E-state index contributed by atoms with van der Waals surface area (Å²) in [6.07, 6.45) is 6.49. The lowest BCUT2D eigenvalue weighted by Crippen LogP contribution is -2.55. The normalized spacial score (nSPS) is 42.5. The average Bonchev–Trinajstić information content (AvgIpc) is 2.91. The Hall–Kier alpha value is -1.13. The molecule has 0 saturated heterocycles. The molecule has 3 rings (SSSR count). The Balaban J connectivity index is 1.82. The van der Waals surface area contributed by atoms with Gasteiger partial charge in [-0.3, -0.25) is 0 Å². The third-order valence-electron chi connectivity index (χ3n) is 6.89. The Morgan fingerprint density at radius 2 is 2.12 bits per heavy atom. The lowest BCUT2D eigenvalue weighted by molar-refractivity contribution is -0.135. The van der Waals surface area contributed by atoms with Crippen molar-refractivity contribution in [2.24, 2.45) is 22.7 Å². The monoisotopic (exact) mass is 334 g/mol. The summed E-state index contributed by atoms with van der Waals surface area (Å²) in [5.41, 5.74) is 2.04. The van der Waals surface area contributed by atoms with Gasteiger partial charge in [0.15, 0.2) is 0 Å². The highest BCUT2D eigenvalue weighted by molar-refractivity contribution is 5.85. The summed E-state index contributed by atoms with van der Waals surface area (Å²) in [4.78, 5) is 11.2. The Morgan fingerprint density at radius 3 is 2.75 bits per heavy atom. The minimum absolute atomic E-state index is 0.0471. The van der Waals surface area contributed by atoms with E-state index in [9.17, 15) is 15.0 Å². The summed E-state index contributed by atoms with van der Waals surface area (Å²) in [5, 5.41) is 20.5. The highest BCUT2D eigenvalue weighted by atomic mass is 16.5. The fraction of sp³-hybridized carbons (Fsp3) is 0.750. The van der Waals surface area contributed by atoms with Crippen molar-refractivity contribution in [2.45, 2.75) is 58.5 Å². The first-order chi connectivity index (χ1) is 11.3. The van der Waals surface area contributed by atoms with Crippen LogP contribution >= 0.6 is 0 Å². The molecule has 0 aromatic rings. The van der Waals surface area contributed by atoms with Crippen molar-refractivity contribution in [1.82, 2.24) is 0 Å². The quantitative estimate of drug-likeness (QED) is 0.613. The molecule has 1 aliphatic heterocycles. The van der Waals surface area contributed by atoms with Crippen LogP contribution in [0.2, 0.25) is 0 Å². The molecule has 2 N–H and O–H groups in total. The number of carbonyl (C=O) groups excluding carboxylic acids is 1. The molecule has 0 unspecified atom stereocenters. The Labute approximate surface area is 144 Å². The number of hydrogen-bond acceptors (Lipinski definition) is 4. The van der Waals surface area contributed by atoms with Crippen molar-refractivity contribution in [3.05, 3.63) is 23.8 Å². The van der Waals surface area contributed by atoms with Crippen LogP contribution in [0.1, 0.15) is 52.4 Å². The van der Waals surface area contributed by atoms with Crippen LogP contribution in [0, 0.1) is 22.7 Å². The van der Waals surface area contributed by atoms with Gasteiger partial charge >= 0.3 is 5.97 Å². The number of carbonyl (C=O) groups is 1. The Morgan fingerprint density at radius 1 is 1.38 bits per heavy atom. The van der Waals surface area contributed by atoms with E-state index >= 15 is 0 Å². The number of ether oxygens (including phenoxy) is 1. The van der Waals surface area contributed by atoms with Gasteiger partial charge in [-0.05, 0) is 66.8 Å². The molecular weight excluding hydrogens is 304 g/mol. The summed E-state index contributed by atoms with van der Waals surface area (Å²) in [7, 11) is 0. The molecule has 2 aliphatic carbocycles. The number of aliphatic hydroxyl groups is 2. The van der Waals surface area contributed by atoms with Crippen molar-refractivity contribution in [2.75, 3.05) is 13.2 Å². The summed E-state index contributed by atoms with van der Waals surface area (Å²) in [6.45, 7) is 9.25. The maximum Gasteiger partial charge on any atom is 0.331 e. The maximum atomic E-state index is 11.2. The first-order valence-electron chi connectivity index (χ1n) is 9.11. The van der Waals surface area contributed by atoms with Crippen molar-refractivity contribution >= 4 is 5.97 Å². The van der Waals surface area contributed by atoms with Crippen LogP contribution in [-0.2, 0) is 9.53 Å². The third-order valence-corrected chi connectivity index (χ3v) is 6.89. The average molecular weight is 334 g/mol. The first kappa shape index (κ1) is 17.7. The molecular formula is C20H30O4. The highest BCUT2D eigenvalue weighted by Gasteiger charge is 2.56. The first-order valence-corrected chi connectivity index (χ1v) is 9.11. The maximum absolute atomic E-state index is 11.2. The van der Waals surface area contributed by atoms with Gasteiger partial charge in [0, 0.05) is 12.7 Å². The predicted octanol–water partition coefficient (Wildman–Crippen LogP) is 2.99. The SMILES string of the molecule is C=C1CC[C@@H]2[C@@](C)(CO)C[C@@H](O)C[C@@]2(C)[C@@H]1CCC1=CC(=O)OC1. The number of rotatable bonds is 4. The second-order valence-corrected chi connectivity index (χ2v) is 8.63. The second kappa shape index (κ2) is 6.30. The van der Waals surface area contributed by atoms with Crippen LogP contribution in [0.3, 0.4) is 0 Å². The lowest BCUT2D eigenvalue weighted by atomic mass is 9.46. The number of hydrogen-bond donors (Lipinski definition) is 2. The number of allylic oxidation sites excluding steroid dienone is 1. The van der Waals surface area contributed by atoms with Crippen LogP contribution < -0.4 is 0 Å². The molecule has 4 heteroatoms. The lowest BCUT2D eigenvalue weighted by Gasteiger charge is -2.59. The van der Waals surface area contributed by atoms with E-state index in [0.29, 0.717) is 24.9 Å². The second-order valence-electron chi connectivity index (χ2n) is 8.63. The molecule has 4 nitrogen and oxygen atoms in total. The number of esters is 1. The van der Waals surface area contributed by atoms with Gasteiger partial charge in [0.1, 0.15) is 6.61 Å². The van der Waals surface area contributed by atoms with Crippen molar-refractivity contribution in [1.29, 1.82) is 0 Å². The van der Waals surface area contributed by atoms with E-state index in [0.717, 1.165) is 37.7 Å². The molecule has 24 heavy (non-hydrogen) atoms. The summed E-state index contributed by atoms with van der Waals surface area (Å²) in [5.74, 6) is 0.468. The minimum Gasteiger partial charge on any atom is -0.458 e. The van der Waals surface area contributed by atoms with Crippen molar-refractivity contribution in [3.8, 4) is 0 Å². The molecule has 0 amide bonds. The zero-order valence-electron chi connectivity index (χ0n) is 14.9. The van der Waals surface area contributed by atoms with Gasteiger partial charge in [0.05, 0.1) is 6.10 Å². The van der Waals surface area contributed by atoms with Crippen molar-refractivity contribution < 1.29 is 19.7 Å². The molecule has 0 spiro atoms. The van der Waals surface area contributed by atoms with E-state index in [-0.39, 0.29) is 29.5 Å². The zero-order valence-corrected chi connectivity index (χ0v) is 14.9. The number of aliphatic hydroxyl groups excluding tert-OH is 2. The molecule has 0 bridgehead atoms. The third kappa shape index (κ3) is 2.95. The van der Waals surface area contributed by atoms with Gasteiger partial charge in [-0.25, -0.2) is 4.79 Å². The molecule has 5 atom stereocenters. The van der Waals surface area contributed by atoms with Crippen LogP contribution in [0.15, 0.2) is 23.8 Å². The molecule has 1 heterocycles. The topological polar surface area (TPSA) is 66.8 Å². The highest BCUT2D eigenvalue weighted by Crippen LogP contribution is 2.61. The van der Waals surface area contributed by atoms with E-state index in [1.807, 2.05) is 0 Å². The summed E-state index contributed by atoms with van der Waals surface area (Å²) < 4.78 is 5.00. The molecule has 2 saturated carbocycles. The Kier molecular flexibility index (Phi) is 4.65. The fourth-order valence-electron chi connectivity index (χ4n) is 5.83. The Bertz CT molecular complexity index is 566. The number of cyclic esters (lactones) is 1. The molecule has 0 aromatic carbocycles. The van der Waals surface area contributed by atoms with Gasteiger partial charge in [-0.15, -0.1) is 0 Å². The van der Waals surface area contributed by atoms with Crippen LogP contribution in [0.4, 0.5) is 0 Å². The van der Waals surface area contributed by atoms with Gasteiger partial charge in [-0.2, -0.15) is 0 Å². The van der Waals surface area contributed by atoms with Crippen molar-refractivity contribution in [3.63, 3.8) is 0 Å². The van der Waals surface area contributed by atoms with E-state index in [4.69, 9.17) is 4.74 Å². The molecule has 0 aromatic heterocycles. The van der Waals surface area contributed by atoms with E-state index in [1.54, 1.807) is 6.08 Å². The minimum atomic E-state index is -0.368. The number of fused-ring (bicyclic) bond motifs is 1. The van der Waals surface area contributed by atoms with E-state index < -0.39 is 0 Å². The van der Waals surface area contributed by atoms with Crippen LogP contribution in [0.25, 0.3) is 0 Å². The van der Waals surface area contributed by atoms with Gasteiger partial charge in [0.2, 0.25) is 0 Å². The molecule has 3 aliphatic rings. The van der Waals surface area contributed by atoms with Gasteiger partial charge in [-0.1, -0.05) is 26.0 Å². The smallest absolute Gasteiger partial charge is 0.331 e. The van der Waals surface area contributed by atoms with Crippen LogP contribution in [-0.4, -0.2) is 35.5 Å². The fourth-order valence-corrected chi connectivity index (χ4v) is 5.83. The van der Waals surface area contributed by atoms with Gasteiger partial charge in [0.25, 0.3) is 0 Å². The van der Waals surface area contributed by atoms with Crippen LogP contribution in [0.5, 0.6) is 0 Å². The summed E-state index contributed by atoms with van der Waals surface area (Å²) >= 11 is 0. The molecule has 134 valence electrons. The standard InChI is InChI=1S/C20H30O4/c1-13-4-7-17-19(2,12-21)9-15(22)10-20(17,3)16(13)6-5-14-8-18(23)24-11-14/h8,15-17,21-22H,1,4-7,9-12H2,2-3H3/t15-,16-,17-,19-,20+/m1/s1. The van der Waals surface area contributed by atoms with E-state index in [1.165, 1.54) is 5.57 Å². The van der Waals surface area contributed by atoms with Gasteiger partial charge < -0.3 is 14.9 Å². The molecule has 0 radical (unpaired) electrons. The molecule has 2 fully saturated rings. The predicted molar refractivity (Wildman–Crippen MR) is 92.2 cm³/mol.